The number of rotatable bonds is 8. The van der Waals surface area contributed by atoms with Crippen molar-refractivity contribution in [3.05, 3.63) is 50.1 Å². The van der Waals surface area contributed by atoms with E-state index in [1.165, 1.54) is 11.6 Å². The van der Waals surface area contributed by atoms with Crippen LogP contribution in [0.5, 0.6) is 5.75 Å². The van der Waals surface area contributed by atoms with Gasteiger partial charge in [0.2, 0.25) is 5.95 Å². The van der Waals surface area contributed by atoms with E-state index in [1.807, 2.05) is 13.8 Å². The molecule has 10 heteroatoms. The number of nitrogens with one attached hydrogen (secondary N) is 2. The molecule has 3 aromatic rings. The first-order chi connectivity index (χ1) is 13.8. The van der Waals surface area contributed by atoms with Gasteiger partial charge in [-0.05, 0) is 18.1 Å². The monoisotopic (exact) mass is 421 g/mol. The summed E-state index contributed by atoms with van der Waals surface area (Å²) in [5, 5.41) is 14.1. The predicted octanol–water partition coefficient (Wildman–Crippen LogP) is 1.58. The van der Waals surface area contributed by atoms with Crippen molar-refractivity contribution in [1.82, 2.24) is 19.1 Å². The molecule has 1 aromatic carbocycles. The summed E-state index contributed by atoms with van der Waals surface area (Å²) in [6, 6.07) is 6.97. The lowest BCUT2D eigenvalue weighted by Gasteiger charge is -2.16. The fourth-order valence-electron chi connectivity index (χ4n) is 2.85. The number of anilines is 1. The van der Waals surface area contributed by atoms with Crippen molar-refractivity contribution in [2.24, 2.45) is 13.0 Å². The van der Waals surface area contributed by atoms with Crippen LogP contribution in [0, 0.1) is 5.92 Å². The van der Waals surface area contributed by atoms with Crippen molar-refractivity contribution < 1.29 is 9.84 Å². The standard InChI is InChI=1S/C19H24ClN5O4/c1-11(2)8-21-18-22-16-15(17(27)23-19(28)24(16)3)25(18)9-12(26)10-29-14-7-5-4-6-13(14)20/h4-7,11-12,26H,8-10H2,1-3H3,(H,21,22)(H,23,27,28). The molecule has 0 saturated carbocycles. The van der Waals surface area contributed by atoms with Crippen LogP contribution in [0.15, 0.2) is 33.9 Å². The van der Waals surface area contributed by atoms with E-state index < -0.39 is 17.4 Å². The topological polar surface area (TPSA) is 114 Å². The number of fused-ring (bicyclic) bond motifs is 1. The lowest BCUT2D eigenvalue weighted by Crippen LogP contribution is -2.31. The van der Waals surface area contributed by atoms with Gasteiger partial charge in [0, 0.05) is 13.6 Å². The molecule has 9 nitrogen and oxygen atoms in total. The molecule has 0 amide bonds. The first-order valence-corrected chi connectivity index (χ1v) is 9.64. The summed E-state index contributed by atoms with van der Waals surface area (Å²) in [7, 11) is 1.53. The molecule has 29 heavy (non-hydrogen) atoms. The molecule has 0 aliphatic rings. The predicted molar refractivity (Wildman–Crippen MR) is 112 cm³/mol. The van der Waals surface area contributed by atoms with Crippen LogP contribution in [0.25, 0.3) is 11.2 Å². The van der Waals surface area contributed by atoms with Crippen LogP contribution in [0.2, 0.25) is 5.02 Å². The third kappa shape index (κ3) is 4.63. The van der Waals surface area contributed by atoms with Crippen LogP contribution in [-0.4, -0.2) is 43.5 Å². The van der Waals surface area contributed by atoms with Gasteiger partial charge in [-0.1, -0.05) is 37.6 Å². The second-order valence-electron chi connectivity index (χ2n) is 7.21. The minimum atomic E-state index is -0.945. The molecule has 1 unspecified atom stereocenters. The Balaban J connectivity index is 1.90. The number of aromatic nitrogens is 4. The zero-order valence-electron chi connectivity index (χ0n) is 16.5. The largest absolute Gasteiger partial charge is 0.489 e. The van der Waals surface area contributed by atoms with E-state index in [2.05, 4.69) is 15.3 Å². The van der Waals surface area contributed by atoms with E-state index in [0.29, 0.717) is 29.2 Å². The third-order valence-corrected chi connectivity index (χ3v) is 4.65. The van der Waals surface area contributed by atoms with Crippen LogP contribution < -0.4 is 21.3 Å². The average Bonchev–Trinajstić information content (AvgIpc) is 3.03. The molecule has 0 saturated heterocycles. The van der Waals surface area contributed by atoms with Gasteiger partial charge in [-0.15, -0.1) is 0 Å². The van der Waals surface area contributed by atoms with E-state index in [9.17, 15) is 14.7 Å². The molecule has 2 heterocycles. The van der Waals surface area contributed by atoms with E-state index in [4.69, 9.17) is 16.3 Å². The molecule has 0 bridgehead atoms. The number of para-hydroxylation sites is 1. The molecule has 0 aliphatic carbocycles. The van der Waals surface area contributed by atoms with Crippen molar-refractivity contribution in [3.8, 4) is 5.75 Å². The summed E-state index contributed by atoms with van der Waals surface area (Å²) in [5.41, 5.74) is -0.669. The summed E-state index contributed by atoms with van der Waals surface area (Å²) >= 11 is 6.07. The summed E-state index contributed by atoms with van der Waals surface area (Å²) in [6.45, 7) is 4.70. The smallest absolute Gasteiger partial charge is 0.329 e. The van der Waals surface area contributed by atoms with Gasteiger partial charge in [-0.25, -0.2) is 4.79 Å². The molecule has 156 valence electrons. The molecule has 0 fully saturated rings. The zero-order valence-corrected chi connectivity index (χ0v) is 17.2. The van der Waals surface area contributed by atoms with Crippen molar-refractivity contribution >= 4 is 28.7 Å². The zero-order chi connectivity index (χ0) is 21.1. The number of aliphatic hydroxyl groups excluding tert-OH is 1. The van der Waals surface area contributed by atoms with Gasteiger partial charge in [-0.2, -0.15) is 4.98 Å². The second-order valence-corrected chi connectivity index (χ2v) is 7.61. The lowest BCUT2D eigenvalue weighted by atomic mass is 10.2. The number of hydrogen-bond acceptors (Lipinski definition) is 6. The quantitative estimate of drug-likeness (QED) is 0.509. The van der Waals surface area contributed by atoms with E-state index in [1.54, 1.807) is 28.8 Å². The normalized spacial score (nSPS) is 12.5. The highest BCUT2D eigenvalue weighted by molar-refractivity contribution is 6.32. The molecular formula is C19H24ClN5O4. The highest BCUT2D eigenvalue weighted by atomic mass is 35.5. The molecule has 0 aliphatic heterocycles. The summed E-state index contributed by atoms with van der Waals surface area (Å²) < 4.78 is 8.42. The summed E-state index contributed by atoms with van der Waals surface area (Å²) in [5.74, 6) is 1.19. The Kier molecular flexibility index (Phi) is 6.29. The fraction of sp³-hybridized carbons (Fsp3) is 0.421. The number of aliphatic hydroxyl groups is 1. The molecule has 1 atom stereocenters. The van der Waals surface area contributed by atoms with Crippen LogP contribution in [0.3, 0.4) is 0 Å². The molecule has 0 spiro atoms. The summed E-state index contributed by atoms with van der Waals surface area (Å²) in [4.78, 5) is 31.0. The Morgan fingerprint density at radius 2 is 2.03 bits per heavy atom. The second kappa shape index (κ2) is 8.71. The fourth-order valence-corrected chi connectivity index (χ4v) is 3.04. The number of hydrogen-bond donors (Lipinski definition) is 3. The maximum atomic E-state index is 12.4. The van der Waals surface area contributed by atoms with Crippen molar-refractivity contribution in [1.29, 1.82) is 0 Å². The van der Waals surface area contributed by atoms with Crippen LogP contribution >= 0.6 is 11.6 Å². The number of aromatic amines is 1. The first kappa shape index (κ1) is 20.9. The molecule has 2 aromatic heterocycles. The SMILES string of the molecule is CC(C)CNc1nc2c(c(=O)[nH]c(=O)n2C)n1CC(O)COc1ccccc1Cl. The van der Waals surface area contributed by atoms with Crippen molar-refractivity contribution in [3.63, 3.8) is 0 Å². The minimum Gasteiger partial charge on any atom is -0.489 e. The molecule has 3 N–H and O–H groups in total. The van der Waals surface area contributed by atoms with Crippen LogP contribution in [0.1, 0.15) is 13.8 Å². The Hall–Kier alpha value is -2.78. The Morgan fingerprint density at radius 3 is 2.72 bits per heavy atom. The van der Waals surface area contributed by atoms with Gasteiger partial charge in [0.1, 0.15) is 18.5 Å². The first-order valence-electron chi connectivity index (χ1n) is 9.26. The number of benzene rings is 1. The van der Waals surface area contributed by atoms with Gasteiger partial charge in [-0.3, -0.25) is 14.3 Å². The number of halogens is 1. The Bertz CT molecular complexity index is 1120. The maximum absolute atomic E-state index is 12.4. The van der Waals surface area contributed by atoms with Gasteiger partial charge in [0.05, 0.1) is 11.6 Å². The van der Waals surface area contributed by atoms with E-state index in [0.717, 1.165) is 0 Å². The number of ether oxygens (including phenoxy) is 1. The maximum Gasteiger partial charge on any atom is 0.329 e. The number of nitrogens with zero attached hydrogens (tertiary/aromatic N) is 3. The summed E-state index contributed by atoms with van der Waals surface area (Å²) in [6.07, 6.45) is -0.945. The molecular weight excluding hydrogens is 398 g/mol. The van der Waals surface area contributed by atoms with Crippen molar-refractivity contribution in [2.45, 2.75) is 26.5 Å². The average molecular weight is 422 g/mol. The highest BCUT2D eigenvalue weighted by Crippen LogP contribution is 2.23. The highest BCUT2D eigenvalue weighted by Gasteiger charge is 2.20. The molecule has 0 radical (unpaired) electrons. The van der Waals surface area contributed by atoms with E-state index >= 15 is 0 Å². The number of imidazole rings is 1. The Morgan fingerprint density at radius 1 is 1.31 bits per heavy atom. The van der Waals surface area contributed by atoms with Gasteiger partial charge in [0.25, 0.3) is 5.56 Å². The third-order valence-electron chi connectivity index (χ3n) is 4.34. The molecule has 3 rings (SSSR count). The van der Waals surface area contributed by atoms with Crippen LogP contribution in [-0.2, 0) is 13.6 Å². The van der Waals surface area contributed by atoms with Gasteiger partial charge < -0.3 is 19.7 Å². The lowest BCUT2D eigenvalue weighted by molar-refractivity contribution is 0.0939. The van der Waals surface area contributed by atoms with Gasteiger partial charge in [0.15, 0.2) is 11.2 Å². The minimum absolute atomic E-state index is 0.0311. The van der Waals surface area contributed by atoms with Gasteiger partial charge >= 0.3 is 5.69 Å². The van der Waals surface area contributed by atoms with Crippen molar-refractivity contribution in [2.75, 3.05) is 18.5 Å². The number of aryl methyl sites for hydroxylation is 1. The Labute approximate surface area is 171 Å². The van der Waals surface area contributed by atoms with E-state index in [-0.39, 0.29) is 24.3 Å². The number of H-pyrrole nitrogens is 1. The van der Waals surface area contributed by atoms with Crippen LogP contribution in [0.4, 0.5) is 5.95 Å².